The van der Waals surface area contributed by atoms with Crippen molar-refractivity contribution >= 4 is 0 Å². The Morgan fingerprint density at radius 1 is 1.50 bits per heavy atom. The summed E-state index contributed by atoms with van der Waals surface area (Å²) in [5, 5.41) is 0. The van der Waals surface area contributed by atoms with Gasteiger partial charge in [0.15, 0.2) is 0 Å². The van der Waals surface area contributed by atoms with Gasteiger partial charge in [-0.05, 0) is 13.8 Å². The van der Waals surface area contributed by atoms with E-state index in [0.717, 1.165) is 0 Å². The van der Waals surface area contributed by atoms with Crippen LogP contribution >= 0.6 is 0 Å². The molecular formula is C8H12. The zero-order valence-corrected chi connectivity index (χ0v) is 5.52. The van der Waals surface area contributed by atoms with Gasteiger partial charge >= 0.3 is 0 Å². The van der Waals surface area contributed by atoms with Gasteiger partial charge in [-0.25, -0.2) is 0 Å². The summed E-state index contributed by atoms with van der Waals surface area (Å²) >= 11 is 0. The number of allylic oxidation sites excluding steroid dienone is 5. The predicted octanol–water partition coefficient (Wildman–Crippen LogP) is 2.69. The summed E-state index contributed by atoms with van der Waals surface area (Å²) in [6.07, 6.45) is 7.81. The highest BCUT2D eigenvalue weighted by molar-refractivity contribution is 5.19. The minimum absolute atomic E-state index is 1.24. The quantitative estimate of drug-likeness (QED) is 0.477. The average molecular weight is 108 g/mol. The SMILES string of the molecule is C=C/C=C(/C)C=CC. The summed E-state index contributed by atoms with van der Waals surface area (Å²) in [5.41, 5.74) is 1.24. The van der Waals surface area contributed by atoms with E-state index in [0.29, 0.717) is 0 Å². The second-order valence-electron chi connectivity index (χ2n) is 1.65. The van der Waals surface area contributed by atoms with E-state index < -0.39 is 0 Å². The first kappa shape index (κ1) is 7.22. The third-order valence-electron chi connectivity index (χ3n) is 0.810. The van der Waals surface area contributed by atoms with Crippen molar-refractivity contribution in [2.24, 2.45) is 0 Å². The zero-order chi connectivity index (χ0) is 6.41. The van der Waals surface area contributed by atoms with Gasteiger partial charge in [-0.2, -0.15) is 0 Å². The molecule has 0 saturated carbocycles. The van der Waals surface area contributed by atoms with Gasteiger partial charge in [-0.15, -0.1) is 0 Å². The Bertz CT molecular complexity index is 116. The number of rotatable bonds is 2. The lowest BCUT2D eigenvalue weighted by Crippen LogP contribution is -1.61. The monoisotopic (exact) mass is 108 g/mol. The molecule has 8 heavy (non-hydrogen) atoms. The molecule has 0 amide bonds. The molecule has 0 rings (SSSR count). The summed E-state index contributed by atoms with van der Waals surface area (Å²) in [6, 6.07) is 0. The summed E-state index contributed by atoms with van der Waals surface area (Å²) in [5.74, 6) is 0. The Morgan fingerprint density at radius 2 is 2.12 bits per heavy atom. The third kappa shape index (κ3) is 3.41. The van der Waals surface area contributed by atoms with E-state index in [1.165, 1.54) is 5.57 Å². The molecule has 0 atom stereocenters. The fraction of sp³-hybridized carbons (Fsp3) is 0.250. The minimum atomic E-state index is 1.24. The van der Waals surface area contributed by atoms with Crippen molar-refractivity contribution in [1.29, 1.82) is 0 Å². The van der Waals surface area contributed by atoms with E-state index in [9.17, 15) is 0 Å². The first-order valence-corrected chi connectivity index (χ1v) is 2.73. The highest BCUT2D eigenvalue weighted by Gasteiger charge is 1.71. The molecule has 0 saturated heterocycles. The smallest absolute Gasteiger partial charge is 0.0398 e. The normalized spacial score (nSPS) is 12.5. The first-order chi connectivity index (χ1) is 3.81. The molecule has 0 aromatic carbocycles. The van der Waals surface area contributed by atoms with Gasteiger partial charge < -0.3 is 0 Å². The highest BCUT2D eigenvalue weighted by atomic mass is 13.8. The molecule has 0 unspecified atom stereocenters. The van der Waals surface area contributed by atoms with Crippen LogP contribution in [0.4, 0.5) is 0 Å². The van der Waals surface area contributed by atoms with Gasteiger partial charge in [0.2, 0.25) is 0 Å². The van der Waals surface area contributed by atoms with Crippen molar-refractivity contribution in [3.63, 3.8) is 0 Å². The fourth-order valence-corrected chi connectivity index (χ4v) is 0.504. The molecule has 0 aliphatic heterocycles. The van der Waals surface area contributed by atoms with Gasteiger partial charge in [-0.3, -0.25) is 0 Å². The van der Waals surface area contributed by atoms with Gasteiger partial charge in [0, 0.05) is 0 Å². The Morgan fingerprint density at radius 3 is 2.50 bits per heavy atom. The van der Waals surface area contributed by atoms with Crippen LogP contribution in [0.1, 0.15) is 13.8 Å². The first-order valence-electron chi connectivity index (χ1n) is 2.73. The molecular weight excluding hydrogens is 96.1 g/mol. The van der Waals surface area contributed by atoms with Crippen LogP contribution in [0.5, 0.6) is 0 Å². The molecule has 0 fully saturated rings. The van der Waals surface area contributed by atoms with Crippen molar-refractivity contribution in [2.45, 2.75) is 13.8 Å². The van der Waals surface area contributed by atoms with Crippen LogP contribution in [-0.4, -0.2) is 0 Å². The summed E-state index contributed by atoms with van der Waals surface area (Å²) in [4.78, 5) is 0. The standard InChI is InChI=1S/C8H12/c1-4-6-8(3)7-5-2/h4-7H,1H2,2-3H3/b7-5?,8-6-. The van der Waals surface area contributed by atoms with Crippen LogP contribution in [0.3, 0.4) is 0 Å². The molecule has 0 radical (unpaired) electrons. The molecule has 0 aliphatic rings. The molecule has 0 aliphatic carbocycles. The van der Waals surface area contributed by atoms with Crippen LogP contribution in [0.15, 0.2) is 36.5 Å². The molecule has 0 aromatic rings. The number of hydrogen-bond donors (Lipinski definition) is 0. The second kappa shape index (κ2) is 4.38. The molecule has 0 bridgehead atoms. The Hall–Kier alpha value is -0.780. The van der Waals surface area contributed by atoms with Crippen molar-refractivity contribution in [2.75, 3.05) is 0 Å². The molecule has 44 valence electrons. The van der Waals surface area contributed by atoms with E-state index in [-0.39, 0.29) is 0 Å². The maximum Gasteiger partial charge on any atom is -0.0398 e. The molecule has 0 heterocycles. The molecule has 0 heteroatoms. The Labute approximate surface area is 51.2 Å². The average Bonchev–Trinajstić information content (AvgIpc) is 1.68. The molecule has 0 aromatic heterocycles. The summed E-state index contributed by atoms with van der Waals surface area (Å²) in [6.45, 7) is 7.62. The van der Waals surface area contributed by atoms with Crippen molar-refractivity contribution in [3.8, 4) is 0 Å². The summed E-state index contributed by atoms with van der Waals surface area (Å²) in [7, 11) is 0. The fourth-order valence-electron chi connectivity index (χ4n) is 0.504. The molecule has 0 N–H and O–H groups in total. The Balaban J connectivity index is 3.79. The summed E-state index contributed by atoms with van der Waals surface area (Å²) < 4.78 is 0. The maximum atomic E-state index is 3.57. The lowest BCUT2D eigenvalue weighted by atomic mass is 10.2. The zero-order valence-electron chi connectivity index (χ0n) is 5.52. The van der Waals surface area contributed by atoms with E-state index in [1.807, 2.05) is 32.1 Å². The van der Waals surface area contributed by atoms with Crippen LogP contribution in [0.2, 0.25) is 0 Å². The van der Waals surface area contributed by atoms with Crippen molar-refractivity contribution in [3.05, 3.63) is 36.5 Å². The maximum absolute atomic E-state index is 3.57. The van der Waals surface area contributed by atoms with E-state index in [2.05, 4.69) is 6.58 Å². The largest absolute Gasteiger partial charge is 0.0991 e. The number of hydrogen-bond acceptors (Lipinski definition) is 0. The van der Waals surface area contributed by atoms with Gasteiger partial charge in [0.05, 0.1) is 0 Å². The lowest BCUT2D eigenvalue weighted by Gasteiger charge is -1.82. The highest BCUT2D eigenvalue weighted by Crippen LogP contribution is 1.92. The van der Waals surface area contributed by atoms with Crippen LogP contribution in [0, 0.1) is 0 Å². The lowest BCUT2D eigenvalue weighted by molar-refractivity contribution is 1.51. The van der Waals surface area contributed by atoms with Crippen LogP contribution in [0.25, 0.3) is 0 Å². The predicted molar refractivity (Wildman–Crippen MR) is 38.8 cm³/mol. The minimum Gasteiger partial charge on any atom is -0.0991 e. The van der Waals surface area contributed by atoms with Crippen molar-refractivity contribution in [1.82, 2.24) is 0 Å². The van der Waals surface area contributed by atoms with Crippen molar-refractivity contribution < 1.29 is 0 Å². The molecule has 0 nitrogen and oxygen atoms in total. The van der Waals surface area contributed by atoms with E-state index in [1.54, 1.807) is 6.08 Å². The third-order valence-corrected chi connectivity index (χ3v) is 0.810. The van der Waals surface area contributed by atoms with E-state index >= 15 is 0 Å². The van der Waals surface area contributed by atoms with Gasteiger partial charge in [0.1, 0.15) is 0 Å². The second-order valence-corrected chi connectivity index (χ2v) is 1.65. The van der Waals surface area contributed by atoms with Gasteiger partial charge in [-0.1, -0.05) is 36.5 Å². The van der Waals surface area contributed by atoms with Crippen LogP contribution in [-0.2, 0) is 0 Å². The molecule has 0 spiro atoms. The van der Waals surface area contributed by atoms with Crippen LogP contribution < -0.4 is 0 Å². The van der Waals surface area contributed by atoms with E-state index in [4.69, 9.17) is 0 Å². The van der Waals surface area contributed by atoms with Gasteiger partial charge in [0.25, 0.3) is 0 Å². The Kier molecular flexibility index (Phi) is 3.95. The topological polar surface area (TPSA) is 0 Å².